The Kier molecular flexibility index (Phi) is 7.47. The smallest absolute Gasteiger partial charge is 0.191 e. The monoisotopic (exact) mass is 380 g/mol. The van der Waals surface area contributed by atoms with Crippen LogP contribution >= 0.6 is 0 Å². The molecule has 144 valence electrons. The highest BCUT2D eigenvalue weighted by molar-refractivity contribution is 7.90. The summed E-state index contributed by atoms with van der Waals surface area (Å²) in [5.41, 5.74) is 3.67. The molecule has 0 bridgehead atoms. The van der Waals surface area contributed by atoms with Crippen molar-refractivity contribution in [3.8, 4) is 0 Å². The maximum atomic E-state index is 11.0. The molecule has 0 fully saturated rings. The number of nitrogens with one attached hydrogen (secondary N) is 3. The van der Waals surface area contributed by atoms with E-state index in [-0.39, 0.29) is 12.4 Å². The van der Waals surface area contributed by atoms with Crippen molar-refractivity contribution in [1.82, 2.24) is 15.6 Å². The van der Waals surface area contributed by atoms with E-state index in [9.17, 15) is 8.42 Å². The summed E-state index contributed by atoms with van der Waals surface area (Å²) in [5, 5.41) is 7.67. The molecule has 0 aliphatic rings. The number of aryl methyl sites for hydroxylation is 1. The zero-order valence-corrected chi connectivity index (χ0v) is 16.4. The van der Waals surface area contributed by atoms with Gasteiger partial charge in [-0.1, -0.05) is 12.1 Å². The van der Waals surface area contributed by atoms with Gasteiger partial charge in [-0.2, -0.15) is 0 Å². The molecule has 0 amide bonds. The molecular weight excluding hydrogens is 352 g/mol. The summed E-state index contributed by atoms with van der Waals surface area (Å²) in [5.74, 6) is 0.747. The standard InChI is InChI=1S/C18H28N4O3S/c1-14-4-5-16-15(13-22-17(16)12-14)6-7-20-18(19-2)21-8-9-25-10-11-26(3,23)24/h4-5,12-13,22H,6-11H2,1-3H3,(H2,19,20,21). The molecule has 0 unspecified atom stereocenters. The number of hydrogen-bond acceptors (Lipinski definition) is 4. The van der Waals surface area contributed by atoms with Crippen LogP contribution in [0, 0.1) is 6.92 Å². The third kappa shape index (κ3) is 6.68. The van der Waals surface area contributed by atoms with Crippen molar-refractivity contribution in [1.29, 1.82) is 0 Å². The summed E-state index contributed by atoms with van der Waals surface area (Å²) >= 11 is 0. The predicted octanol–water partition coefficient (Wildman–Crippen LogP) is 1.25. The number of ether oxygens (including phenoxy) is 1. The van der Waals surface area contributed by atoms with E-state index in [1.807, 2.05) is 0 Å². The lowest BCUT2D eigenvalue weighted by Crippen LogP contribution is -2.39. The van der Waals surface area contributed by atoms with Crippen LogP contribution in [0.2, 0.25) is 0 Å². The van der Waals surface area contributed by atoms with E-state index in [0.717, 1.165) is 18.5 Å². The Hall–Kier alpha value is -2.06. The van der Waals surface area contributed by atoms with Crippen molar-refractivity contribution in [2.75, 3.05) is 45.4 Å². The second-order valence-electron chi connectivity index (χ2n) is 6.28. The fourth-order valence-electron chi connectivity index (χ4n) is 2.60. The molecule has 0 saturated carbocycles. The first-order chi connectivity index (χ1) is 12.4. The number of rotatable bonds is 9. The van der Waals surface area contributed by atoms with E-state index in [1.165, 1.54) is 22.8 Å². The van der Waals surface area contributed by atoms with Gasteiger partial charge in [-0.3, -0.25) is 4.99 Å². The molecule has 1 heterocycles. The van der Waals surface area contributed by atoms with Gasteiger partial charge in [-0.15, -0.1) is 0 Å². The van der Waals surface area contributed by atoms with Gasteiger partial charge in [-0.05, 0) is 30.5 Å². The molecule has 0 radical (unpaired) electrons. The Labute approximate surface area is 155 Å². The van der Waals surface area contributed by atoms with E-state index in [2.05, 4.69) is 51.9 Å². The molecule has 2 aromatic rings. The maximum Gasteiger partial charge on any atom is 0.191 e. The first-order valence-corrected chi connectivity index (χ1v) is 10.7. The van der Waals surface area contributed by atoms with E-state index >= 15 is 0 Å². The van der Waals surface area contributed by atoms with Crippen molar-refractivity contribution in [3.05, 3.63) is 35.5 Å². The number of aliphatic imine (C=N–C) groups is 1. The van der Waals surface area contributed by atoms with Crippen LogP contribution in [0.15, 0.2) is 29.4 Å². The number of H-pyrrole nitrogens is 1. The van der Waals surface area contributed by atoms with Gasteiger partial charge in [0.1, 0.15) is 9.84 Å². The summed E-state index contributed by atoms with van der Waals surface area (Å²) in [6.07, 6.45) is 4.14. The topological polar surface area (TPSA) is 95.6 Å². The largest absolute Gasteiger partial charge is 0.379 e. The van der Waals surface area contributed by atoms with Gasteiger partial charge in [-0.25, -0.2) is 8.42 Å². The minimum Gasteiger partial charge on any atom is -0.379 e. The Morgan fingerprint density at radius 1 is 1.23 bits per heavy atom. The number of aromatic amines is 1. The normalized spacial score (nSPS) is 12.5. The van der Waals surface area contributed by atoms with E-state index in [1.54, 1.807) is 7.05 Å². The van der Waals surface area contributed by atoms with Gasteiger partial charge in [0.2, 0.25) is 0 Å². The summed E-state index contributed by atoms with van der Waals surface area (Å²) in [7, 11) is -1.25. The summed E-state index contributed by atoms with van der Waals surface area (Å²) in [6.45, 7) is 4.05. The Morgan fingerprint density at radius 2 is 2.00 bits per heavy atom. The van der Waals surface area contributed by atoms with Gasteiger partial charge >= 0.3 is 0 Å². The van der Waals surface area contributed by atoms with Gasteiger partial charge in [0, 0.05) is 43.5 Å². The molecule has 0 atom stereocenters. The molecule has 0 spiro atoms. The molecule has 1 aromatic heterocycles. The van der Waals surface area contributed by atoms with Crippen LogP contribution in [0.3, 0.4) is 0 Å². The second kappa shape index (κ2) is 9.59. The minimum absolute atomic E-state index is 0.0458. The van der Waals surface area contributed by atoms with Crippen LogP contribution in [0.5, 0.6) is 0 Å². The lowest BCUT2D eigenvalue weighted by Gasteiger charge is -2.12. The Balaban J connectivity index is 1.68. The second-order valence-corrected chi connectivity index (χ2v) is 8.54. The van der Waals surface area contributed by atoms with Crippen LogP contribution < -0.4 is 10.6 Å². The number of benzene rings is 1. The van der Waals surface area contributed by atoms with E-state index in [0.29, 0.717) is 19.1 Å². The zero-order chi connectivity index (χ0) is 19.0. The lowest BCUT2D eigenvalue weighted by atomic mass is 10.1. The van der Waals surface area contributed by atoms with Crippen molar-refractivity contribution >= 4 is 26.7 Å². The molecule has 26 heavy (non-hydrogen) atoms. The summed E-state index contributed by atoms with van der Waals surface area (Å²) in [6, 6.07) is 6.42. The molecular formula is C18H28N4O3S. The van der Waals surface area contributed by atoms with Crippen LogP contribution in [0.25, 0.3) is 10.9 Å². The van der Waals surface area contributed by atoms with Crippen molar-refractivity contribution < 1.29 is 13.2 Å². The number of guanidine groups is 1. The maximum absolute atomic E-state index is 11.0. The molecule has 2 rings (SSSR count). The number of aromatic nitrogens is 1. The highest BCUT2D eigenvalue weighted by atomic mass is 32.2. The molecule has 3 N–H and O–H groups in total. The number of sulfone groups is 1. The average molecular weight is 381 g/mol. The molecule has 8 heteroatoms. The molecule has 7 nitrogen and oxygen atoms in total. The quantitative estimate of drug-likeness (QED) is 0.346. The van der Waals surface area contributed by atoms with Crippen LogP contribution in [0.1, 0.15) is 11.1 Å². The number of hydrogen-bond donors (Lipinski definition) is 3. The first kappa shape index (κ1) is 20.3. The molecule has 1 aromatic carbocycles. The minimum atomic E-state index is -2.97. The van der Waals surface area contributed by atoms with Gasteiger partial charge < -0.3 is 20.4 Å². The summed E-state index contributed by atoms with van der Waals surface area (Å²) in [4.78, 5) is 7.49. The average Bonchev–Trinajstić information content (AvgIpc) is 2.97. The molecule has 0 aliphatic heterocycles. The van der Waals surface area contributed by atoms with Crippen LogP contribution in [-0.2, 0) is 21.0 Å². The summed E-state index contributed by atoms with van der Waals surface area (Å²) < 4.78 is 27.3. The third-order valence-corrected chi connectivity index (χ3v) is 4.88. The molecule has 0 aliphatic carbocycles. The lowest BCUT2D eigenvalue weighted by molar-refractivity contribution is 0.154. The van der Waals surface area contributed by atoms with E-state index < -0.39 is 9.84 Å². The number of nitrogens with zero attached hydrogens (tertiary/aromatic N) is 1. The van der Waals surface area contributed by atoms with Crippen LogP contribution in [0.4, 0.5) is 0 Å². The SMILES string of the molecule is CN=C(NCCOCCS(C)(=O)=O)NCCc1c[nH]c2cc(C)ccc12. The van der Waals surface area contributed by atoms with E-state index in [4.69, 9.17) is 4.74 Å². The highest BCUT2D eigenvalue weighted by Crippen LogP contribution is 2.19. The first-order valence-electron chi connectivity index (χ1n) is 8.65. The van der Waals surface area contributed by atoms with Crippen molar-refractivity contribution in [2.24, 2.45) is 4.99 Å². The van der Waals surface area contributed by atoms with Crippen LogP contribution in [-0.4, -0.2) is 64.7 Å². The highest BCUT2D eigenvalue weighted by Gasteiger charge is 2.05. The van der Waals surface area contributed by atoms with Crippen molar-refractivity contribution in [3.63, 3.8) is 0 Å². The zero-order valence-electron chi connectivity index (χ0n) is 15.6. The fourth-order valence-corrected chi connectivity index (χ4v) is 3.02. The van der Waals surface area contributed by atoms with Gasteiger partial charge in [0.05, 0.1) is 19.0 Å². The van der Waals surface area contributed by atoms with Crippen molar-refractivity contribution in [2.45, 2.75) is 13.3 Å². The third-order valence-electron chi connectivity index (χ3n) is 3.97. The predicted molar refractivity (Wildman–Crippen MR) is 107 cm³/mol. The number of fused-ring (bicyclic) bond motifs is 1. The fraction of sp³-hybridized carbons (Fsp3) is 0.500. The molecule has 0 saturated heterocycles. The van der Waals surface area contributed by atoms with Gasteiger partial charge in [0.25, 0.3) is 0 Å². The van der Waals surface area contributed by atoms with Gasteiger partial charge in [0.15, 0.2) is 5.96 Å². The Morgan fingerprint density at radius 3 is 2.73 bits per heavy atom. The Bertz CT molecular complexity index is 843.